The van der Waals surface area contributed by atoms with E-state index in [1.54, 1.807) is 31.5 Å². The molecule has 1 fully saturated rings. The van der Waals surface area contributed by atoms with Crippen LogP contribution in [0.2, 0.25) is 0 Å². The van der Waals surface area contributed by atoms with Crippen molar-refractivity contribution in [2.24, 2.45) is 0 Å². The van der Waals surface area contributed by atoms with Crippen LogP contribution < -0.4 is 4.74 Å². The molecule has 1 atom stereocenters. The fourth-order valence-corrected chi connectivity index (χ4v) is 3.70. The van der Waals surface area contributed by atoms with Crippen LogP contribution in [0.25, 0.3) is 10.9 Å². The number of halogens is 2. The average molecular weight is 446 g/mol. The number of imide groups is 1. The van der Waals surface area contributed by atoms with Gasteiger partial charge in [0.1, 0.15) is 17.6 Å². The Kier molecular flexibility index (Phi) is 4.89. The van der Waals surface area contributed by atoms with Crippen molar-refractivity contribution in [1.29, 1.82) is 0 Å². The van der Waals surface area contributed by atoms with E-state index >= 15 is 0 Å². The number of hydrogen-bond acceptors (Lipinski definition) is 4. The fourth-order valence-electron chi connectivity index (χ4n) is 3.34. The molecule has 0 spiro atoms. The molecule has 28 heavy (non-hydrogen) atoms. The molecule has 144 valence electrons. The number of methoxy groups -OCH3 is 1. The molecule has 1 unspecified atom stereocenters. The van der Waals surface area contributed by atoms with E-state index < -0.39 is 11.9 Å². The van der Waals surface area contributed by atoms with Gasteiger partial charge in [0, 0.05) is 24.1 Å². The Morgan fingerprint density at radius 2 is 2.00 bits per heavy atom. The highest BCUT2D eigenvalue weighted by atomic mass is 79.9. The molecule has 0 bridgehead atoms. The maximum absolute atomic E-state index is 13.8. The van der Waals surface area contributed by atoms with E-state index in [1.807, 2.05) is 12.1 Å². The van der Waals surface area contributed by atoms with Gasteiger partial charge in [0.15, 0.2) is 0 Å². The Morgan fingerprint density at radius 3 is 2.71 bits per heavy atom. The van der Waals surface area contributed by atoms with Gasteiger partial charge >= 0.3 is 0 Å². The number of carbonyl (C=O) groups is 2. The minimum atomic E-state index is -0.592. The summed E-state index contributed by atoms with van der Waals surface area (Å²) in [6.07, 6.45) is 2.33. The molecular formula is C20H17BrFN3O3. The number of benzene rings is 2. The van der Waals surface area contributed by atoms with Crippen LogP contribution in [0.4, 0.5) is 4.39 Å². The van der Waals surface area contributed by atoms with Crippen molar-refractivity contribution in [3.05, 3.63) is 58.4 Å². The first-order valence-electron chi connectivity index (χ1n) is 8.77. The number of likely N-dealkylation sites (tertiary alicyclic amines) is 1. The average Bonchev–Trinajstić information content (AvgIpc) is 3.08. The van der Waals surface area contributed by atoms with Crippen LogP contribution >= 0.6 is 15.9 Å². The van der Waals surface area contributed by atoms with Gasteiger partial charge in [0.05, 0.1) is 23.6 Å². The molecule has 3 aromatic rings. The predicted molar refractivity (Wildman–Crippen MR) is 104 cm³/mol. The molecular weight excluding hydrogens is 429 g/mol. The molecule has 2 heterocycles. The largest absolute Gasteiger partial charge is 0.497 e. The van der Waals surface area contributed by atoms with Crippen molar-refractivity contribution in [2.75, 3.05) is 7.11 Å². The smallest absolute Gasteiger partial charge is 0.254 e. The number of hydrogen-bond donors (Lipinski definition) is 0. The summed E-state index contributed by atoms with van der Waals surface area (Å²) in [5.74, 6) is -0.217. The first-order chi connectivity index (χ1) is 13.5. The number of nitrogens with zero attached hydrogens (tertiary/aromatic N) is 3. The highest BCUT2D eigenvalue weighted by Crippen LogP contribution is 2.28. The third-order valence-corrected chi connectivity index (χ3v) is 5.47. The normalized spacial score (nSPS) is 17.4. The molecule has 1 aliphatic heterocycles. The summed E-state index contributed by atoms with van der Waals surface area (Å²) in [7, 11) is 1.58. The van der Waals surface area contributed by atoms with E-state index in [2.05, 4.69) is 21.0 Å². The lowest BCUT2D eigenvalue weighted by Gasteiger charge is -2.30. The van der Waals surface area contributed by atoms with E-state index in [1.165, 1.54) is 15.6 Å². The van der Waals surface area contributed by atoms with Crippen LogP contribution in [0.15, 0.2) is 47.1 Å². The standard InChI is InChI=1S/C20H17BrFN3O3/c1-28-14-4-2-12(3-5-14)10-24-19(26)7-6-18(20(24)27)25-11-13-8-15(21)16(22)9-17(13)23-25/h2-5,8-9,11,18H,6-7,10H2,1H3. The Morgan fingerprint density at radius 1 is 1.25 bits per heavy atom. The number of fused-ring (bicyclic) bond motifs is 1. The third-order valence-electron chi connectivity index (χ3n) is 4.87. The molecule has 0 aliphatic carbocycles. The van der Waals surface area contributed by atoms with Gasteiger partial charge in [-0.25, -0.2) is 4.39 Å². The van der Waals surface area contributed by atoms with Gasteiger partial charge < -0.3 is 4.74 Å². The Balaban J connectivity index is 1.60. The summed E-state index contributed by atoms with van der Waals surface area (Å²) in [5.41, 5.74) is 1.30. The maximum Gasteiger partial charge on any atom is 0.254 e. The number of amides is 2. The van der Waals surface area contributed by atoms with Crippen LogP contribution in [0.1, 0.15) is 24.4 Å². The molecule has 1 aromatic heterocycles. The first-order valence-corrected chi connectivity index (χ1v) is 9.56. The van der Waals surface area contributed by atoms with Crippen molar-refractivity contribution in [3.8, 4) is 5.75 Å². The molecule has 0 N–H and O–H groups in total. The number of aromatic nitrogens is 2. The van der Waals surface area contributed by atoms with Crippen molar-refractivity contribution in [1.82, 2.24) is 14.7 Å². The summed E-state index contributed by atoms with van der Waals surface area (Å²) >= 11 is 3.16. The highest BCUT2D eigenvalue weighted by Gasteiger charge is 2.36. The second-order valence-corrected chi connectivity index (χ2v) is 7.51. The minimum Gasteiger partial charge on any atom is -0.497 e. The van der Waals surface area contributed by atoms with Crippen molar-refractivity contribution < 1.29 is 18.7 Å². The van der Waals surface area contributed by atoms with Crippen molar-refractivity contribution >= 4 is 38.6 Å². The Labute approximate surface area is 169 Å². The van der Waals surface area contributed by atoms with Gasteiger partial charge in [0.2, 0.25) is 5.91 Å². The maximum atomic E-state index is 13.8. The number of ether oxygens (including phenoxy) is 1. The number of piperidine rings is 1. The molecule has 2 amide bonds. The zero-order chi connectivity index (χ0) is 19.8. The van der Waals surface area contributed by atoms with E-state index in [-0.39, 0.29) is 24.8 Å². The molecule has 1 saturated heterocycles. The van der Waals surface area contributed by atoms with Gasteiger partial charge in [0.25, 0.3) is 5.91 Å². The van der Waals surface area contributed by atoms with Crippen LogP contribution in [0, 0.1) is 5.82 Å². The molecule has 1 aliphatic rings. The summed E-state index contributed by atoms with van der Waals surface area (Å²) in [6.45, 7) is 0.194. The minimum absolute atomic E-state index is 0.194. The fraction of sp³-hybridized carbons (Fsp3) is 0.250. The zero-order valence-electron chi connectivity index (χ0n) is 15.1. The van der Waals surface area contributed by atoms with Crippen molar-refractivity contribution in [2.45, 2.75) is 25.4 Å². The topological polar surface area (TPSA) is 64.4 Å². The monoisotopic (exact) mass is 445 g/mol. The zero-order valence-corrected chi connectivity index (χ0v) is 16.6. The van der Waals surface area contributed by atoms with Gasteiger partial charge in [-0.1, -0.05) is 12.1 Å². The van der Waals surface area contributed by atoms with Gasteiger partial charge in [-0.3, -0.25) is 19.2 Å². The summed E-state index contributed by atoms with van der Waals surface area (Å²) < 4.78 is 20.8. The van der Waals surface area contributed by atoms with E-state index in [0.717, 1.165) is 10.9 Å². The molecule has 6 nitrogen and oxygen atoms in total. The lowest BCUT2D eigenvalue weighted by atomic mass is 10.0. The third kappa shape index (κ3) is 3.40. The van der Waals surface area contributed by atoms with E-state index in [4.69, 9.17) is 4.74 Å². The predicted octanol–water partition coefficient (Wildman–Crippen LogP) is 3.84. The summed E-state index contributed by atoms with van der Waals surface area (Å²) in [5, 5.41) is 5.08. The molecule has 8 heteroatoms. The van der Waals surface area contributed by atoms with Crippen LogP contribution in [0.5, 0.6) is 5.75 Å². The Bertz CT molecular complexity index is 1030. The second kappa shape index (κ2) is 7.35. The van der Waals surface area contributed by atoms with Crippen LogP contribution in [-0.2, 0) is 16.1 Å². The lowest BCUT2D eigenvalue weighted by Crippen LogP contribution is -2.45. The molecule has 0 saturated carbocycles. The number of carbonyl (C=O) groups excluding carboxylic acids is 2. The molecule has 4 rings (SSSR count). The lowest BCUT2D eigenvalue weighted by molar-refractivity contribution is -0.152. The molecule has 0 radical (unpaired) electrons. The highest BCUT2D eigenvalue weighted by molar-refractivity contribution is 9.10. The summed E-state index contributed by atoms with van der Waals surface area (Å²) in [6, 6.07) is 9.59. The quantitative estimate of drug-likeness (QED) is 0.572. The van der Waals surface area contributed by atoms with Gasteiger partial charge in [-0.2, -0.15) is 5.10 Å². The van der Waals surface area contributed by atoms with Crippen LogP contribution in [-0.4, -0.2) is 33.6 Å². The van der Waals surface area contributed by atoms with Gasteiger partial charge in [-0.05, 0) is 46.1 Å². The van der Waals surface area contributed by atoms with E-state index in [0.29, 0.717) is 22.2 Å². The Hall–Kier alpha value is -2.74. The number of rotatable bonds is 4. The summed E-state index contributed by atoms with van der Waals surface area (Å²) in [4.78, 5) is 26.6. The molecule has 2 aromatic carbocycles. The van der Waals surface area contributed by atoms with E-state index in [9.17, 15) is 14.0 Å². The van der Waals surface area contributed by atoms with Crippen molar-refractivity contribution in [3.63, 3.8) is 0 Å². The second-order valence-electron chi connectivity index (χ2n) is 6.65. The first kappa shape index (κ1) is 18.6. The SMILES string of the molecule is COc1ccc(CN2C(=O)CCC(n3cc4cc(Br)c(F)cc4n3)C2=O)cc1. The van der Waals surface area contributed by atoms with Gasteiger partial charge in [-0.15, -0.1) is 0 Å². The van der Waals surface area contributed by atoms with Crippen LogP contribution in [0.3, 0.4) is 0 Å².